The Labute approximate surface area is 115 Å². The van der Waals surface area contributed by atoms with Gasteiger partial charge in [-0.15, -0.1) is 0 Å². The maximum Gasteiger partial charge on any atom is 0.125 e. The summed E-state index contributed by atoms with van der Waals surface area (Å²) >= 11 is 0. The van der Waals surface area contributed by atoms with Crippen molar-refractivity contribution in [2.75, 3.05) is 7.11 Å². The molecule has 2 aromatic carbocycles. The fourth-order valence-electron chi connectivity index (χ4n) is 2.55. The van der Waals surface area contributed by atoms with Crippen LogP contribution in [0.15, 0.2) is 36.4 Å². The van der Waals surface area contributed by atoms with Crippen LogP contribution in [0.4, 0.5) is 0 Å². The van der Waals surface area contributed by atoms with Gasteiger partial charge in [0.25, 0.3) is 0 Å². The molecule has 2 rings (SSSR count). The van der Waals surface area contributed by atoms with Crippen LogP contribution in [0.1, 0.15) is 27.8 Å². The van der Waals surface area contributed by atoms with E-state index in [1.807, 2.05) is 0 Å². The van der Waals surface area contributed by atoms with Crippen LogP contribution in [0, 0.1) is 13.8 Å². The molecule has 2 N–H and O–H groups in total. The molecule has 0 fully saturated rings. The maximum absolute atomic E-state index is 5.69. The lowest BCUT2D eigenvalue weighted by molar-refractivity contribution is 0.407. The Bertz CT molecular complexity index is 575. The monoisotopic (exact) mass is 255 g/mol. The summed E-state index contributed by atoms with van der Waals surface area (Å²) in [5.74, 6) is 0.990. The fourth-order valence-corrected chi connectivity index (χ4v) is 2.55. The Hall–Kier alpha value is -1.80. The Morgan fingerprint density at radius 1 is 1.05 bits per heavy atom. The smallest absolute Gasteiger partial charge is 0.125 e. The van der Waals surface area contributed by atoms with Gasteiger partial charge in [-0.25, -0.2) is 0 Å². The molecule has 19 heavy (non-hydrogen) atoms. The van der Waals surface area contributed by atoms with E-state index in [-0.39, 0.29) is 0 Å². The second-order valence-electron chi connectivity index (χ2n) is 4.98. The predicted molar refractivity (Wildman–Crippen MR) is 79.6 cm³/mol. The molecule has 0 aliphatic rings. The number of hydrogen-bond acceptors (Lipinski definition) is 2. The third kappa shape index (κ3) is 3.15. The van der Waals surface area contributed by atoms with Gasteiger partial charge >= 0.3 is 0 Å². The van der Waals surface area contributed by atoms with Crippen molar-refractivity contribution in [3.63, 3.8) is 0 Å². The van der Waals surface area contributed by atoms with Crippen LogP contribution in [-0.4, -0.2) is 7.11 Å². The first kappa shape index (κ1) is 13.6. The Kier molecular flexibility index (Phi) is 4.23. The topological polar surface area (TPSA) is 35.2 Å². The van der Waals surface area contributed by atoms with Gasteiger partial charge in [0, 0.05) is 13.0 Å². The summed E-state index contributed by atoms with van der Waals surface area (Å²) in [5.41, 5.74) is 11.8. The molecule has 0 aliphatic heterocycles. The second kappa shape index (κ2) is 5.89. The van der Waals surface area contributed by atoms with Crippen LogP contribution in [0.3, 0.4) is 0 Å². The van der Waals surface area contributed by atoms with E-state index in [0.29, 0.717) is 6.54 Å². The molecule has 0 amide bonds. The predicted octanol–water partition coefficient (Wildman–Crippen LogP) is 3.36. The fraction of sp³-hybridized carbons (Fsp3) is 0.294. The van der Waals surface area contributed by atoms with Crippen LogP contribution >= 0.6 is 0 Å². The van der Waals surface area contributed by atoms with Crippen molar-refractivity contribution in [2.45, 2.75) is 26.8 Å². The molecular weight excluding hydrogens is 234 g/mol. The Morgan fingerprint density at radius 3 is 2.47 bits per heavy atom. The van der Waals surface area contributed by atoms with Crippen molar-refractivity contribution in [2.24, 2.45) is 5.73 Å². The van der Waals surface area contributed by atoms with Gasteiger partial charge in [0.2, 0.25) is 0 Å². The number of hydrogen-bond donors (Lipinski definition) is 1. The molecular formula is C17H21NO. The normalized spacial score (nSPS) is 10.5. The quantitative estimate of drug-likeness (QED) is 0.909. The van der Waals surface area contributed by atoms with E-state index in [1.165, 1.54) is 27.8 Å². The van der Waals surface area contributed by atoms with Gasteiger partial charge in [0.05, 0.1) is 7.11 Å². The molecule has 0 bridgehead atoms. The highest BCUT2D eigenvalue weighted by Gasteiger charge is 2.08. The molecule has 0 radical (unpaired) electrons. The van der Waals surface area contributed by atoms with Crippen molar-refractivity contribution < 1.29 is 4.74 Å². The molecule has 0 saturated carbocycles. The van der Waals surface area contributed by atoms with E-state index in [4.69, 9.17) is 10.5 Å². The average molecular weight is 255 g/mol. The van der Waals surface area contributed by atoms with Gasteiger partial charge in [-0.3, -0.25) is 0 Å². The third-order valence-electron chi connectivity index (χ3n) is 3.32. The minimum Gasteiger partial charge on any atom is -0.496 e. The molecule has 0 aromatic heterocycles. The van der Waals surface area contributed by atoms with Gasteiger partial charge in [-0.2, -0.15) is 0 Å². The van der Waals surface area contributed by atoms with Crippen molar-refractivity contribution in [1.82, 2.24) is 0 Å². The lowest BCUT2D eigenvalue weighted by Crippen LogP contribution is -2.00. The average Bonchev–Trinajstić information content (AvgIpc) is 2.38. The number of nitrogens with two attached hydrogens (primary N) is 1. The molecule has 2 aromatic rings. The standard InChI is InChI=1S/C17H21NO/c1-12-7-13(2)17(19-3)16(8-12)10-14-5-4-6-15(9-14)11-18/h4-9H,10-11,18H2,1-3H3. The first-order valence-corrected chi connectivity index (χ1v) is 6.56. The molecule has 0 saturated heterocycles. The first-order chi connectivity index (χ1) is 9.13. The van der Waals surface area contributed by atoms with Gasteiger partial charge in [-0.1, -0.05) is 42.0 Å². The summed E-state index contributed by atoms with van der Waals surface area (Å²) in [6.45, 7) is 4.79. The Morgan fingerprint density at radius 2 is 1.79 bits per heavy atom. The van der Waals surface area contributed by atoms with Crippen LogP contribution in [0.5, 0.6) is 5.75 Å². The van der Waals surface area contributed by atoms with Gasteiger partial charge in [0.15, 0.2) is 0 Å². The van der Waals surface area contributed by atoms with E-state index in [0.717, 1.165) is 12.2 Å². The lowest BCUT2D eigenvalue weighted by atomic mass is 9.98. The molecule has 0 atom stereocenters. The zero-order valence-electron chi connectivity index (χ0n) is 11.9. The molecule has 100 valence electrons. The number of rotatable bonds is 4. The first-order valence-electron chi connectivity index (χ1n) is 6.56. The van der Waals surface area contributed by atoms with Crippen LogP contribution in [-0.2, 0) is 13.0 Å². The van der Waals surface area contributed by atoms with Crippen LogP contribution < -0.4 is 10.5 Å². The highest BCUT2D eigenvalue weighted by Crippen LogP contribution is 2.27. The summed E-state index contributed by atoms with van der Waals surface area (Å²) in [5, 5.41) is 0. The minimum absolute atomic E-state index is 0.581. The summed E-state index contributed by atoms with van der Waals surface area (Å²) < 4.78 is 5.54. The van der Waals surface area contributed by atoms with Gasteiger partial charge in [-0.05, 0) is 36.1 Å². The van der Waals surface area contributed by atoms with E-state index in [1.54, 1.807) is 7.11 Å². The van der Waals surface area contributed by atoms with E-state index in [9.17, 15) is 0 Å². The minimum atomic E-state index is 0.581. The SMILES string of the molecule is COc1c(C)cc(C)cc1Cc1cccc(CN)c1. The summed E-state index contributed by atoms with van der Waals surface area (Å²) in [4.78, 5) is 0. The maximum atomic E-state index is 5.69. The number of aryl methyl sites for hydroxylation is 2. The molecule has 2 heteroatoms. The largest absolute Gasteiger partial charge is 0.496 e. The molecule has 2 nitrogen and oxygen atoms in total. The van der Waals surface area contributed by atoms with E-state index in [2.05, 4.69) is 50.2 Å². The second-order valence-corrected chi connectivity index (χ2v) is 4.98. The molecule has 0 heterocycles. The third-order valence-corrected chi connectivity index (χ3v) is 3.32. The van der Waals surface area contributed by atoms with Gasteiger partial charge < -0.3 is 10.5 Å². The lowest BCUT2D eigenvalue weighted by Gasteiger charge is -2.13. The molecule has 0 aliphatic carbocycles. The van der Waals surface area contributed by atoms with Crippen molar-refractivity contribution in [3.05, 3.63) is 64.2 Å². The summed E-state index contributed by atoms with van der Waals surface area (Å²) in [6.07, 6.45) is 0.875. The van der Waals surface area contributed by atoms with Crippen LogP contribution in [0.25, 0.3) is 0 Å². The number of methoxy groups -OCH3 is 1. The van der Waals surface area contributed by atoms with Crippen molar-refractivity contribution in [3.8, 4) is 5.75 Å². The zero-order chi connectivity index (χ0) is 13.8. The van der Waals surface area contributed by atoms with E-state index >= 15 is 0 Å². The van der Waals surface area contributed by atoms with E-state index < -0.39 is 0 Å². The van der Waals surface area contributed by atoms with Crippen molar-refractivity contribution >= 4 is 0 Å². The van der Waals surface area contributed by atoms with Crippen molar-refractivity contribution in [1.29, 1.82) is 0 Å². The number of ether oxygens (including phenoxy) is 1. The highest BCUT2D eigenvalue weighted by molar-refractivity contribution is 5.46. The van der Waals surface area contributed by atoms with Gasteiger partial charge in [0.1, 0.15) is 5.75 Å². The van der Waals surface area contributed by atoms with Crippen LogP contribution in [0.2, 0.25) is 0 Å². The molecule has 0 spiro atoms. The number of benzene rings is 2. The highest BCUT2D eigenvalue weighted by atomic mass is 16.5. The summed E-state index contributed by atoms with van der Waals surface area (Å²) in [7, 11) is 1.73. The summed E-state index contributed by atoms with van der Waals surface area (Å²) in [6, 6.07) is 12.8. The zero-order valence-corrected chi connectivity index (χ0v) is 11.9. The molecule has 0 unspecified atom stereocenters. The Balaban J connectivity index is 2.36.